The third kappa shape index (κ3) is 6.59. The molecule has 1 saturated heterocycles. The van der Waals surface area contributed by atoms with Gasteiger partial charge >= 0.3 is 0 Å². The fourth-order valence-corrected chi connectivity index (χ4v) is 6.42. The van der Waals surface area contributed by atoms with Gasteiger partial charge in [-0.25, -0.2) is 14.4 Å². The summed E-state index contributed by atoms with van der Waals surface area (Å²) in [6, 6.07) is 17.8. The van der Waals surface area contributed by atoms with Gasteiger partial charge in [-0.3, -0.25) is 4.79 Å². The number of aromatic nitrogens is 2. The van der Waals surface area contributed by atoms with E-state index in [1.54, 1.807) is 35.6 Å². The van der Waals surface area contributed by atoms with Crippen LogP contribution in [0.2, 0.25) is 5.02 Å². The number of hydrogen-bond acceptors (Lipinski definition) is 7. The number of carbonyl (C=O) groups is 1. The number of nitrogens with one attached hydrogen (secondary N) is 3. The highest BCUT2D eigenvalue weighted by molar-refractivity contribution is 7.25. The molecule has 1 unspecified atom stereocenters. The largest absolute Gasteiger partial charge is 0.487 e. The lowest BCUT2D eigenvalue weighted by atomic mass is 9.99. The summed E-state index contributed by atoms with van der Waals surface area (Å²) in [5.41, 5.74) is 2.43. The molecule has 41 heavy (non-hydrogen) atoms. The van der Waals surface area contributed by atoms with Crippen molar-refractivity contribution in [2.75, 3.05) is 25.0 Å². The van der Waals surface area contributed by atoms with Crippen LogP contribution >= 0.6 is 22.9 Å². The second-order valence-electron chi connectivity index (χ2n) is 10.2. The Hall–Kier alpha value is -3.79. The van der Waals surface area contributed by atoms with Gasteiger partial charge in [0.2, 0.25) is 5.91 Å². The zero-order chi connectivity index (χ0) is 28.2. The first kappa shape index (κ1) is 27.4. The molecular formula is C31H29ClFN5O2S. The van der Waals surface area contributed by atoms with Crippen molar-refractivity contribution in [1.29, 1.82) is 0 Å². The maximum atomic E-state index is 13.5. The Bertz CT molecular complexity index is 1710. The van der Waals surface area contributed by atoms with E-state index < -0.39 is 0 Å². The highest BCUT2D eigenvalue weighted by Crippen LogP contribution is 2.38. The van der Waals surface area contributed by atoms with Crippen molar-refractivity contribution in [3.8, 4) is 5.75 Å². The van der Waals surface area contributed by atoms with E-state index in [1.165, 1.54) is 18.5 Å². The molecule has 1 aliphatic heterocycles. The van der Waals surface area contributed by atoms with E-state index in [0.29, 0.717) is 35.5 Å². The predicted molar refractivity (Wildman–Crippen MR) is 163 cm³/mol. The predicted octanol–water partition coefficient (Wildman–Crippen LogP) is 6.62. The molecule has 3 N–H and O–H groups in total. The minimum absolute atomic E-state index is 0.0402. The van der Waals surface area contributed by atoms with Gasteiger partial charge in [-0.05, 0) is 79.4 Å². The van der Waals surface area contributed by atoms with E-state index in [-0.39, 0.29) is 18.3 Å². The molecule has 210 valence electrons. The highest BCUT2D eigenvalue weighted by atomic mass is 35.5. The number of halogens is 2. The summed E-state index contributed by atoms with van der Waals surface area (Å²) in [4.78, 5) is 22.5. The van der Waals surface area contributed by atoms with Gasteiger partial charge in [-0.1, -0.05) is 35.9 Å². The van der Waals surface area contributed by atoms with Gasteiger partial charge in [0.25, 0.3) is 0 Å². The molecule has 0 saturated carbocycles. The molecule has 6 rings (SSSR count). The number of anilines is 2. The molecule has 3 aromatic carbocycles. The Morgan fingerprint density at radius 1 is 1.12 bits per heavy atom. The van der Waals surface area contributed by atoms with Crippen LogP contribution in [0, 0.1) is 11.7 Å². The summed E-state index contributed by atoms with van der Waals surface area (Å²) >= 11 is 8.08. The molecule has 5 aromatic rings. The Morgan fingerprint density at radius 2 is 2.05 bits per heavy atom. The Labute approximate surface area is 246 Å². The average molecular weight is 590 g/mol. The van der Waals surface area contributed by atoms with Crippen molar-refractivity contribution in [2.24, 2.45) is 5.92 Å². The van der Waals surface area contributed by atoms with Crippen LogP contribution in [-0.2, 0) is 17.8 Å². The Morgan fingerprint density at radius 3 is 2.88 bits per heavy atom. The van der Waals surface area contributed by atoms with E-state index in [1.807, 2.05) is 18.2 Å². The van der Waals surface area contributed by atoms with Crippen LogP contribution in [0.5, 0.6) is 5.75 Å². The number of piperidine rings is 1. The zero-order valence-corrected chi connectivity index (χ0v) is 23.8. The first-order chi connectivity index (χ1) is 20.0. The number of rotatable bonds is 9. The van der Waals surface area contributed by atoms with Crippen LogP contribution in [0.25, 0.3) is 20.3 Å². The quantitative estimate of drug-likeness (QED) is 0.179. The molecule has 0 aliphatic carbocycles. The number of thiophene rings is 1. The molecule has 1 atom stereocenters. The third-order valence-corrected chi connectivity index (χ3v) is 8.52. The Kier molecular flexibility index (Phi) is 8.27. The standard InChI is InChI=1S/C31H29ClFN5O2S/c32-25-14-23(7-9-26(25)40-17-20-3-1-5-22(33)11-20)38-30-29-24-8-6-19(12-27(24)41-31(29)37-18-36-30)13-28(39)35-16-21-4-2-10-34-15-21/h1,3,5-9,11-12,14,18,21,34H,2,4,10,13,15-17H2,(H,35,39)(H,36,37,38). The van der Waals surface area contributed by atoms with Gasteiger partial charge in [0.05, 0.1) is 16.8 Å². The minimum Gasteiger partial charge on any atom is -0.487 e. The van der Waals surface area contributed by atoms with Gasteiger partial charge in [-0.15, -0.1) is 11.3 Å². The number of ether oxygens (including phenoxy) is 1. The summed E-state index contributed by atoms with van der Waals surface area (Å²) in [7, 11) is 0. The van der Waals surface area contributed by atoms with Gasteiger partial charge < -0.3 is 20.7 Å². The molecule has 0 bridgehead atoms. The summed E-state index contributed by atoms with van der Waals surface area (Å²) in [5, 5.41) is 12.2. The molecule has 3 heterocycles. The Balaban J connectivity index is 1.15. The summed E-state index contributed by atoms with van der Waals surface area (Å²) in [6.45, 7) is 2.95. The lowest BCUT2D eigenvalue weighted by Gasteiger charge is -2.22. The highest BCUT2D eigenvalue weighted by Gasteiger charge is 2.16. The molecule has 1 fully saturated rings. The lowest BCUT2D eigenvalue weighted by Crippen LogP contribution is -2.38. The van der Waals surface area contributed by atoms with E-state index in [4.69, 9.17) is 16.3 Å². The molecule has 0 spiro atoms. The second kappa shape index (κ2) is 12.4. The number of hydrogen-bond donors (Lipinski definition) is 3. The van der Waals surface area contributed by atoms with Crippen molar-refractivity contribution < 1.29 is 13.9 Å². The van der Waals surface area contributed by atoms with E-state index >= 15 is 0 Å². The maximum absolute atomic E-state index is 13.5. The zero-order valence-electron chi connectivity index (χ0n) is 22.3. The van der Waals surface area contributed by atoms with Crippen LogP contribution in [0.1, 0.15) is 24.0 Å². The molecule has 0 radical (unpaired) electrons. The molecule has 1 aliphatic rings. The first-order valence-electron chi connectivity index (χ1n) is 13.6. The summed E-state index contributed by atoms with van der Waals surface area (Å²) < 4.78 is 20.3. The van der Waals surface area contributed by atoms with Gasteiger partial charge in [-0.2, -0.15) is 0 Å². The van der Waals surface area contributed by atoms with Crippen molar-refractivity contribution in [3.63, 3.8) is 0 Å². The van der Waals surface area contributed by atoms with E-state index in [9.17, 15) is 9.18 Å². The molecule has 1 amide bonds. The second-order valence-corrected chi connectivity index (χ2v) is 11.7. The topological polar surface area (TPSA) is 88.2 Å². The number of fused-ring (bicyclic) bond motifs is 3. The SMILES string of the molecule is O=C(Cc1ccc2c(c1)sc1ncnc(Nc3ccc(OCc4cccc(F)c4)c(Cl)c3)c12)NCC1CCCNC1. The molecule has 2 aromatic heterocycles. The van der Waals surface area contributed by atoms with Crippen LogP contribution in [0.15, 0.2) is 67.0 Å². The van der Waals surface area contributed by atoms with E-state index in [2.05, 4.69) is 32.0 Å². The van der Waals surface area contributed by atoms with Crippen molar-refractivity contribution in [2.45, 2.75) is 25.9 Å². The smallest absolute Gasteiger partial charge is 0.224 e. The third-order valence-electron chi connectivity index (χ3n) is 7.16. The van der Waals surface area contributed by atoms with Gasteiger partial charge in [0, 0.05) is 22.3 Å². The van der Waals surface area contributed by atoms with Crippen LogP contribution in [-0.4, -0.2) is 35.5 Å². The van der Waals surface area contributed by atoms with Crippen molar-refractivity contribution in [3.05, 3.63) is 89.0 Å². The van der Waals surface area contributed by atoms with Crippen LogP contribution in [0.3, 0.4) is 0 Å². The fraction of sp³-hybridized carbons (Fsp3) is 0.258. The van der Waals surface area contributed by atoms with Crippen molar-refractivity contribution in [1.82, 2.24) is 20.6 Å². The number of carbonyl (C=O) groups excluding carboxylic acids is 1. The minimum atomic E-state index is -0.307. The monoisotopic (exact) mass is 589 g/mol. The molecular weight excluding hydrogens is 561 g/mol. The van der Waals surface area contributed by atoms with Crippen LogP contribution in [0.4, 0.5) is 15.9 Å². The summed E-state index contributed by atoms with van der Waals surface area (Å²) in [5.74, 6) is 1.40. The number of amides is 1. The maximum Gasteiger partial charge on any atom is 0.224 e. The number of nitrogens with zero attached hydrogens (tertiary/aromatic N) is 2. The van der Waals surface area contributed by atoms with Gasteiger partial charge in [0.15, 0.2) is 0 Å². The lowest BCUT2D eigenvalue weighted by molar-refractivity contribution is -0.120. The van der Waals surface area contributed by atoms with E-state index in [0.717, 1.165) is 63.0 Å². The first-order valence-corrected chi connectivity index (χ1v) is 14.8. The van der Waals surface area contributed by atoms with Crippen molar-refractivity contribution >= 4 is 60.7 Å². The van der Waals surface area contributed by atoms with Crippen LogP contribution < -0.4 is 20.7 Å². The van der Waals surface area contributed by atoms with Gasteiger partial charge in [0.1, 0.15) is 35.1 Å². The molecule has 7 nitrogen and oxygen atoms in total. The normalized spacial score (nSPS) is 15.2. The molecule has 10 heteroatoms. The summed E-state index contributed by atoms with van der Waals surface area (Å²) in [6.07, 6.45) is 4.19. The number of benzene rings is 3. The average Bonchev–Trinajstić information content (AvgIpc) is 3.35. The fourth-order valence-electron chi connectivity index (χ4n) is 5.08.